The minimum Gasteiger partial charge on any atom is -0.490 e. The summed E-state index contributed by atoms with van der Waals surface area (Å²) in [5.74, 6) is -0.855. The lowest BCUT2D eigenvalue weighted by Gasteiger charge is -2.14. The zero-order chi connectivity index (χ0) is 15.4. The van der Waals surface area contributed by atoms with Crippen molar-refractivity contribution in [1.29, 1.82) is 0 Å². The Hall–Kier alpha value is -2.11. The first-order valence-corrected chi connectivity index (χ1v) is 6.51. The summed E-state index contributed by atoms with van der Waals surface area (Å²) < 4.78 is 18.2. The first-order chi connectivity index (χ1) is 9.97. The number of amides is 1. The number of nitrogens with two attached hydrogens (primary N) is 1. The van der Waals surface area contributed by atoms with Gasteiger partial charge in [-0.25, -0.2) is 4.39 Å². The maximum atomic E-state index is 12.8. The van der Waals surface area contributed by atoms with Gasteiger partial charge in [0.25, 0.3) is 5.91 Å². The zero-order valence-corrected chi connectivity index (χ0v) is 11.7. The smallest absolute Gasteiger partial charge is 0.252 e. The Balaban J connectivity index is 2.10. The largest absolute Gasteiger partial charge is 0.490 e. The highest BCUT2D eigenvalue weighted by Crippen LogP contribution is 2.24. The van der Waals surface area contributed by atoms with E-state index in [-0.39, 0.29) is 17.9 Å². The highest BCUT2D eigenvalue weighted by atomic mass is 35.5. The van der Waals surface area contributed by atoms with E-state index in [1.807, 2.05) is 0 Å². The SMILES string of the molecule is NC(=O)c1ccc(Cl)cc1OCC(O)c1ccc(F)cc1. The minimum atomic E-state index is -0.967. The van der Waals surface area contributed by atoms with Crippen LogP contribution in [0.25, 0.3) is 0 Å². The molecule has 110 valence electrons. The van der Waals surface area contributed by atoms with Crippen LogP contribution in [-0.4, -0.2) is 17.6 Å². The summed E-state index contributed by atoms with van der Waals surface area (Å²) in [5.41, 5.74) is 5.90. The monoisotopic (exact) mass is 309 g/mol. The summed E-state index contributed by atoms with van der Waals surface area (Å²) in [4.78, 5) is 11.3. The molecular weight excluding hydrogens is 297 g/mol. The van der Waals surface area contributed by atoms with Crippen LogP contribution in [0.15, 0.2) is 42.5 Å². The van der Waals surface area contributed by atoms with Crippen molar-refractivity contribution in [1.82, 2.24) is 0 Å². The van der Waals surface area contributed by atoms with E-state index in [0.29, 0.717) is 10.6 Å². The topological polar surface area (TPSA) is 72.6 Å². The van der Waals surface area contributed by atoms with Crippen molar-refractivity contribution in [3.63, 3.8) is 0 Å². The number of aliphatic hydroxyl groups is 1. The summed E-state index contributed by atoms with van der Waals surface area (Å²) in [6, 6.07) is 9.81. The Bertz CT molecular complexity index is 646. The van der Waals surface area contributed by atoms with Crippen molar-refractivity contribution < 1.29 is 19.0 Å². The van der Waals surface area contributed by atoms with Crippen LogP contribution in [0.4, 0.5) is 4.39 Å². The van der Waals surface area contributed by atoms with Crippen LogP contribution >= 0.6 is 11.6 Å². The lowest BCUT2D eigenvalue weighted by Crippen LogP contribution is -2.15. The predicted molar refractivity (Wildman–Crippen MR) is 76.8 cm³/mol. The molecule has 0 heterocycles. The maximum absolute atomic E-state index is 12.8. The average molecular weight is 310 g/mol. The number of hydrogen-bond acceptors (Lipinski definition) is 3. The van der Waals surface area contributed by atoms with Crippen LogP contribution in [0, 0.1) is 5.82 Å². The molecule has 0 spiro atoms. The van der Waals surface area contributed by atoms with Crippen LogP contribution in [0.1, 0.15) is 22.0 Å². The molecule has 3 N–H and O–H groups in total. The van der Waals surface area contributed by atoms with Gasteiger partial charge in [0.15, 0.2) is 0 Å². The van der Waals surface area contributed by atoms with Crippen LogP contribution < -0.4 is 10.5 Å². The van der Waals surface area contributed by atoms with E-state index >= 15 is 0 Å². The van der Waals surface area contributed by atoms with Crippen molar-refractivity contribution in [2.24, 2.45) is 5.73 Å². The number of carbonyl (C=O) groups excluding carboxylic acids is 1. The third-order valence-electron chi connectivity index (χ3n) is 2.86. The number of benzene rings is 2. The van der Waals surface area contributed by atoms with Crippen LogP contribution in [0.2, 0.25) is 5.02 Å². The van der Waals surface area contributed by atoms with Crippen LogP contribution in [0.3, 0.4) is 0 Å². The highest BCUT2D eigenvalue weighted by molar-refractivity contribution is 6.30. The molecule has 0 aromatic heterocycles. The zero-order valence-electron chi connectivity index (χ0n) is 10.9. The molecule has 0 aliphatic heterocycles. The van der Waals surface area contributed by atoms with Gasteiger partial charge in [0, 0.05) is 5.02 Å². The quantitative estimate of drug-likeness (QED) is 0.892. The molecule has 0 saturated heterocycles. The van der Waals surface area contributed by atoms with Crippen molar-refractivity contribution >= 4 is 17.5 Å². The second-order valence-electron chi connectivity index (χ2n) is 4.38. The average Bonchev–Trinajstić information content (AvgIpc) is 2.45. The van der Waals surface area contributed by atoms with Crippen molar-refractivity contribution in [2.75, 3.05) is 6.61 Å². The molecule has 2 rings (SSSR count). The summed E-state index contributed by atoms with van der Waals surface area (Å²) in [7, 11) is 0. The molecule has 0 radical (unpaired) electrons. The molecular formula is C15H13ClFNO3. The van der Waals surface area contributed by atoms with Gasteiger partial charge in [0.05, 0.1) is 5.56 Å². The molecule has 6 heteroatoms. The van der Waals surface area contributed by atoms with Gasteiger partial charge in [-0.1, -0.05) is 23.7 Å². The number of halogens is 2. The number of aliphatic hydroxyl groups excluding tert-OH is 1. The van der Waals surface area contributed by atoms with Crippen LogP contribution in [0.5, 0.6) is 5.75 Å². The van der Waals surface area contributed by atoms with Gasteiger partial charge >= 0.3 is 0 Å². The van der Waals surface area contributed by atoms with E-state index in [0.717, 1.165) is 0 Å². The lowest BCUT2D eigenvalue weighted by atomic mass is 10.1. The fourth-order valence-corrected chi connectivity index (χ4v) is 1.93. The fraction of sp³-hybridized carbons (Fsp3) is 0.133. The number of carbonyl (C=O) groups is 1. The molecule has 1 amide bonds. The molecule has 2 aromatic carbocycles. The summed E-state index contributed by atoms with van der Waals surface area (Å²) in [6.07, 6.45) is -0.967. The van der Waals surface area contributed by atoms with Crippen molar-refractivity contribution in [2.45, 2.75) is 6.10 Å². The van der Waals surface area contributed by atoms with Crippen molar-refractivity contribution in [3.05, 3.63) is 64.4 Å². The molecule has 2 aromatic rings. The molecule has 4 nitrogen and oxygen atoms in total. The standard InChI is InChI=1S/C15H13ClFNO3/c16-10-3-6-12(15(18)20)14(7-10)21-8-13(19)9-1-4-11(17)5-2-9/h1-7,13,19H,8H2,(H2,18,20). The summed E-state index contributed by atoms with van der Waals surface area (Å²) in [5, 5.41) is 10.4. The van der Waals surface area contributed by atoms with Crippen LogP contribution in [-0.2, 0) is 0 Å². The number of rotatable bonds is 5. The number of hydrogen-bond donors (Lipinski definition) is 2. The Morgan fingerprint density at radius 1 is 1.29 bits per heavy atom. The van der Waals surface area contributed by atoms with Gasteiger partial charge in [0.2, 0.25) is 0 Å². The van der Waals surface area contributed by atoms with Gasteiger partial charge in [-0.05, 0) is 35.9 Å². The summed E-state index contributed by atoms with van der Waals surface area (Å²) in [6.45, 7) is -0.119. The normalized spacial score (nSPS) is 12.0. The molecule has 0 aliphatic carbocycles. The highest BCUT2D eigenvalue weighted by Gasteiger charge is 2.13. The van der Waals surface area contributed by atoms with E-state index < -0.39 is 17.8 Å². The second-order valence-corrected chi connectivity index (χ2v) is 4.82. The van der Waals surface area contributed by atoms with Gasteiger partial charge < -0.3 is 15.6 Å². The number of ether oxygens (including phenoxy) is 1. The second kappa shape index (κ2) is 6.56. The Morgan fingerprint density at radius 3 is 2.57 bits per heavy atom. The lowest BCUT2D eigenvalue weighted by molar-refractivity contribution is 0.0967. The van der Waals surface area contributed by atoms with Gasteiger partial charge in [-0.3, -0.25) is 4.79 Å². The first kappa shape index (κ1) is 15.3. The molecule has 1 atom stereocenters. The molecule has 0 bridgehead atoms. The van der Waals surface area contributed by atoms with E-state index in [2.05, 4.69) is 0 Å². The molecule has 0 aliphatic rings. The van der Waals surface area contributed by atoms with E-state index in [1.165, 1.54) is 42.5 Å². The third kappa shape index (κ3) is 3.93. The first-order valence-electron chi connectivity index (χ1n) is 6.13. The Labute approximate surface area is 125 Å². The predicted octanol–water partition coefficient (Wildman–Crippen LogP) is 2.69. The molecule has 0 fully saturated rings. The molecule has 21 heavy (non-hydrogen) atoms. The Morgan fingerprint density at radius 2 is 1.95 bits per heavy atom. The fourth-order valence-electron chi connectivity index (χ4n) is 1.77. The van der Waals surface area contributed by atoms with Gasteiger partial charge in [-0.2, -0.15) is 0 Å². The minimum absolute atomic E-state index is 0.119. The molecule has 0 saturated carbocycles. The molecule has 1 unspecified atom stereocenters. The van der Waals surface area contributed by atoms with E-state index in [4.69, 9.17) is 22.1 Å². The number of primary amides is 1. The summed E-state index contributed by atoms with van der Waals surface area (Å²) >= 11 is 5.83. The maximum Gasteiger partial charge on any atom is 0.252 e. The van der Waals surface area contributed by atoms with Gasteiger partial charge in [0.1, 0.15) is 24.3 Å². The van der Waals surface area contributed by atoms with Gasteiger partial charge in [-0.15, -0.1) is 0 Å². The Kier molecular flexibility index (Phi) is 4.77. The van der Waals surface area contributed by atoms with E-state index in [1.54, 1.807) is 0 Å². The van der Waals surface area contributed by atoms with Crippen molar-refractivity contribution in [3.8, 4) is 5.75 Å². The third-order valence-corrected chi connectivity index (χ3v) is 3.10. The van der Waals surface area contributed by atoms with E-state index in [9.17, 15) is 14.3 Å².